The molecular weight excluding hydrogens is 472 g/mol. The van der Waals surface area contributed by atoms with Gasteiger partial charge in [-0.05, 0) is 59.9 Å². The molecule has 1 aliphatic heterocycles. The van der Waals surface area contributed by atoms with Crippen LogP contribution in [0.1, 0.15) is 59.7 Å². The molecule has 1 saturated heterocycles. The van der Waals surface area contributed by atoms with Crippen molar-refractivity contribution in [2.75, 3.05) is 13.1 Å². The van der Waals surface area contributed by atoms with E-state index in [1.807, 2.05) is 12.1 Å². The van der Waals surface area contributed by atoms with Gasteiger partial charge in [0.25, 0.3) is 0 Å². The van der Waals surface area contributed by atoms with Crippen LogP contribution < -0.4 is 4.18 Å². The van der Waals surface area contributed by atoms with E-state index >= 15 is 0 Å². The first-order valence-electron chi connectivity index (χ1n) is 12.7. The zero-order chi connectivity index (χ0) is 25.1. The number of likely N-dealkylation sites (tertiary alicyclic amines) is 1. The Balaban J connectivity index is 1.54. The standard InChI is InChI=1S/C29H32N2O4S/c1-2-6-21-9-13-26-25(19-21)11-10-24-12-14-27(35-36(32,33)34)30-29(24)28(26)23-15-17-31(18-16-23)20-22-7-4-3-5-8-22/h3-5,7-9,12-14,19H,2,6,10-11,15-18,20H2,1H3,(H,32,33,34). The highest BCUT2D eigenvalue weighted by Crippen LogP contribution is 2.39. The van der Waals surface area contributed by atoms with E-state index < -0.39 is 10.4 Å². The Bertz CT molecular complexity index is 1370. The molecule has 2 aliphatic rings. The van der Waals surface area contributed by atoms with Crippen molar-refractivity contribution in [1.29, 1.82) is 0 Å². The fourth-order valence-electron chi connectivity index (χ4n) is 5.41. The number of rotatable bonds is 6. The average molecular weight is 505 g/mol. The van der Waals surface area contributed by atoms with Crippen LogP contribution in [0.15, 0.2) is 66.2 Å². The fraction of sp³-hybridized carbons (Fsp3) is 0.345. The van der Waals surface area contributed by atoms with Crippen LogP contribution in [0.4, 0.5) is 0 Å². The molecule has 1 fully saturated rings. The summed E-state index contributed by atoms with van der Waals surface area (Å²) in [7, 11) is -4.65. The van der Waals surface area contributed by atoms with Crippen LogP contribution in [0.5, 0.6) is 5.88 Å². The van der Waals surface area contributed by atoms with Crippen LogP contribution in [0.2, 0.25) is 0 Å². The van der Waals surface area contributed by atoms with Crippen molar-refractivity contribution in [3.63, 3.8) is 0 Å². The largest absolute Gasteiger partial charge is 0.447 e. The number of hydrogen-bond donors (Lipinski definition) is 1. The van der Waals surface area contributed by atoms with E-state index in [0.29, 0.717) is 0 Å². The van der Waals surface area contributed by atoms with Crippen LogP contribution in [0.25, 0.3) is 5.57 Å². The van der Waals surface area contributed by atoms with Crippen molar-refractivity contribution in [3.8, 4) is 5.88 Å². The summed E-state index contributed by atoms with van der Waals surface area (Å²) in [6, 6.07) is 20.7. The topological polar surface area (TPSA) is 79.7 Å². The van der Waals surface area contributed by atoms with E-state index in [-0.39, 0.29) is 5.88 Å². The molecule has 0 amide bonds. The van der Waals surface area contributed by atoms with E-state index in [0.717, 1.165) is 75.0 Å². The third-order valence-electron chi connectivity index (χ3n) is 7.08. The number of aryl methyl sites for hydroxylation is 3. The summed E-state index contributed by atoms with van der Waals surface area (Å²) in [4.78, 5) is 7.11. The Morgan fingerprint density at radius 2 is 1.67 bits per heavy atom. The van der Waals surface area contributed by atoms with Crippen molar-refractivity contribution in [1.82, 2.24) is 9.88 Å². The van der Waals surface area contributed by atoms with E-state index in [1.165, 1.54) is 33.9 Å². The minimum atomic E-state index is -4.65. The third kappa shape index (κ3) is 5.69. The van der Waals surface area contributed by atoms with Gasteiger partial charge in [0, 0.05) is 31.3 Å². The second-order valence-electron chi connectivity index (χ2n) is 9.65. The molecule has 2 heterocycles. The second kappa shape index (κ2) is 10.5. The van der Waals surface area contributed by atoms with Crippen molar-refractivity contribution in [3.05, 3.63) is 99.7 Å². The molecule has 1 aromatic heterocycles. The molecule has 6 nitrogen and oxygen atoms in total. The van der Waals surface area contributed by atoms with Crippen LogP contribution in [-0.4, -0.2) is 35.9 Å². The first kappa shape index (κ1) is 24.7. The summed E-state index contributed by atoms with van der Waals surface area (Å²) in [6.07, 6.45) is 5.70. The van der Waals surface area contributed by atoms with Gasteiger partial charge in [0.05, 0.1) is 5.69 Å². The monoisotopic (exact) mass is 504 g/mol. The lowest BCUT2D eigenvalue weighted by molar-refractivity contribution is 0.248. The highest BCUT2D eigenvalue weighted by atomic mass is 32.3. The van der Waals surface area contributed by atoms with Crippen molar-refractivity contribution in [2.45, 2.75) is 52.0 Å². The summed E-state index contributed by atoms with van der Waals surface area (Å²) in [5.41, 5.74) is 9.42. The Morgan fingerprint density at radius 3 is 2.39 bits per heavy atom. The quantitative estimate of drug-likeness (QED) is 0.452. The molecule has 0 atom stereocenters. The Morgan fingerprint density at radius 1 is 0.917 bits per heavy atom. The number of nitrogens with zero attached hydrogens (tertiary/aromatic N) is 2. The number of aromatic nitrogens is 1. The Labute approximate surface area is 213 Å². The zero-order valence-electron chi connectivity index (χ0n) is 20.6. The highest BCUT2D eigenvalue weighted by Gasteiger charge is 2.26. The highest BCUT2D eigenvalue weighted by molar-refractivity contribution is 7.81. The van der Waals surface area contributed by atoms with Gasteiger partial charge < -0.3 is 4.18 Å². The predicted molar refractivity (Wildman–Crippen MR) is 141 cm³/mol. The molecule has 188 valence electrons. The molecular formula is C29H32N2O4S. The lowest BCUT2D eigenvalue weighted by atomic mass is 9.87. The van der Waals surface area contributed by atoms with Gasteiger partial charge in [-0.3, -0.25) is 9.45 Å². The van der Waals surface area contributed by atoms with E-state index in [1.54, 1.807) is 0 Å². The molecule has 1 N–H and O–H groups in total. The van der Waals surface area contributed by atoms with Gasteiger partial charge >= 0.3 is 10.4 Å². The first-order valence-corrected chi connectivity index (χ1v) is 14.0. The number of benzene rings is 2. The van der Waals surface area contributed by atoms with E-state index in [9.17, 15) is 13.0 Å². The summed E-state index contributed by atoms with van der Waals surface area (Å²) in [5, 5.41) is 0. The van der Waals surface area contributed by atoms with Crippen LogP contribution in [-0.2, 0) is 36.2 Å². The van der Waals surface area contributed by atoms with Crippen molar-refractivity contribution >= 4 is 16.0 Å². The second-order valence-corrected chi connectivity index (χ2v) is 10.7. The molecule has 7 heteroatoms. The van der Waals surface area contributed by atoms with Gasteiger partial charge in [-0.15, -0.1) is 0 Å². The molecule has 1 aliphatic carbocycles. The van der Waals surface area contributed by atoms with Crippen molar-refractivity contribution < 1.29 is 17.2 Å². The molecule has 36 heavy (non-hydrogen) atoms. The molecule has 0 saturated carbocycles. The first-order chi connectivity index (χ1) is 17.4. The lowest BCUT2D eigenvalue weighted by Crippen LogP contribution is -2.30. The third-order valence-corrected chi connectivity index (χ3v) is 7.47. The maximum absolute atomic E-state index is 11.4. The summed E-state index contributed by atoms with van der Waals surface area (Å²) in [6.45, 7) is 5.03. The van der Waals surface area contributed by atoms with Gasteiger partial charge in [0.15, 0.2) is 0 Å². The zero-order valence-corrected chi connectivity index (χ0v) is 21.4. The molecule has 0 spiro atoms. The minimum absolute atomic E-state index is 0.109. The molecule has 3 aromatic rings. The molecule has 0 radical (unpaired) electrons. The molecule has 0 unspecified atom stereocenters. The Hall–Kier alpha value is -3.00. The number of fused-ring (bicyclic) bond motifs is 2. The number of piperidine rings is 1. The minimum Gasteiger partial charge on any atom is -0.341 e. The van der Waals surface area contributed by atoms with Gasteiger partial charge in [-0.1, -0.05) is 73.5 Å². The normalized spacial score (nSPS) is 16.3. The molecule has 2 aromatic carbocycles. The van der Waals surface area contributed by atoms with E-state index in [4.69, 9.17) is 4.18 Å². The van der Waals surface area contributed by atoms with E-state index in [2.05, 4.69) is 59.3 Å². The van der Waals surface area contributed by atoms with Crippen LogP contribution >= 0.6 is 0 Å². The van der Waals surface area contributed by atoms with Crippen LogP contribution in [0.3, 0.4) is 0 Å². The van der Waals surface area contributed by atoms with Gasteiger partial charge in [-0.2, -0.15) is 8.42 Å². The smallest absolute Gasteiger partial charge is 0.341 e. The number of hydrogen-bond acceptors (Lipinski definition) is 5. The average Bonchev–Trinajstić information content (AvgIpc) is 3.01. The summed E-state index contributed by atoms with van der Waals surface area (Å²) < 4.78 is 36.7. The number of pyridine rings is 1. The maximum Gasteiger partial charge on any atom is 0.447 e. The SMILES string of the molecule is CCCc1ccc2c(c1)CCc1ccc(OS(=O)(=O)O)nc1C2=C1CCN(Cc2ccccc2)CC1. The molecule has 0 bridgehead atoms. The maximum atomic E-state index is 11.4. The Kier molecular flexibility index (Phi) is 7.23. The van der Waals surface area contributed by atoms with Gasteiger partial charge in [0.1, 0.15) is 0 Å². The van der Waals surface area contributed by atoms with Gasteiger partial charge in [0.2, 0.25) is 5.88 Å². The fourth-order valence-corrected chi connectivity index (χ4v) is 5.72. The lowest BCUT2D eigenvalue weighted by Gasteiger charge is -2.30. The summed E-state index contributed by atoms with van der Waals surface area (Å²) >= 11 is 0. The molecule has 5 rings (SSSR count). The summed E-state index contributed by atoms with van der Waals surface area (Å²) in [5.74, 6) is -0.109. The van der Waals surface area contributed by atoms with Crippen molar-refractivity contribution in [2.24, 2.45) is 0 Å². The van der Waals surface area contributed by atoms with Gasteiger partial charge in [-0.25, -0.2) is 4.98 Å². The predicted octanol–water partition coefficient (Wildman–Crippen LogP) is 5.41. The van der Waals surface area contributed by atoms with Crippen LogP contribution in [0, 0.1) is 0 Å².